The third-order valence-corrected chi connectivity index (χ3v) is 4.14. The molecule has 2 fully saturated rings. The van der Waals surface area contributed by atoms with Crippen LogP contribution in [0.5, 0.6) is 0 Å². The number of hydrogen-bond donors (Lipinski definition) is 2. The summed E-state index contributed by atoms with van der Waals surface area (Å²) in [5.74, 6) is -0.418. The highest BCUT2D eigenvalue weighted by atomic mass is 16.5. The minimum atomic E-state index is -0.418. The van der Waals surface area contributed by atoms with Gasteiger partial charge in [-0.2, -0.15) is 0 Å². The molecule has 2 aliphatic rings. The van der Waals surface area contributed by atoms with E-state index < -0.39 is 5.91 Å². The molecule has 5 heteroatoms. The van der Waals surface area contributed by atoms with Gasteiger partial charge in [0.15, 0.2) is 0 Å². The van der Waals surface area contributed by atoms with E-state index in [1.807, 2.05) is 0 Å². The molecule has 1 spiro atoms. The molecule has 1 saturated heterocycles. The van der Waals surface area contributed by atoms with E-state index in [4.69, 9.17) is 15.2 Å². The van der Waals surface area contributed by atoms with Crippen LogP contribution in [0.3, 0.4) is 0 Å². The summed E-state index contributed by atoms with van der Waals surface area (Å²) in [4.78, 5) is 10.5. The number of primary amides is 1. The lowest BCUT2D eigenvalue weighted by molar-refractivity contribution is -0.122. The predicted octanol–water partition coefficient (Wildman–Crippen LogP) is 0.960. The zero-order chi connectivity index (χ0) is 13.6. The number of ether oxygens (including phenoxy) is 2. The first-order valence-electron chi connectivity index (χ1n) is 7.45. The van der Waals surface area contributed by atoms with Crippen LogP contribution >= 0.6 is 0 Å². The largest absolute Gasteiger partial charge is 0.370 e. The molecule has 2 rings (SSSR count). The Morgan fingerprint density at radius 1 is 1.32 bits per heavy atom. The molecule has 0 radical (unpaired) electrons. The number of hydrogen-bond acceptors (Lipinski definition) is 4. The average molecular weight is 270 g/mol. The molecule has 1 atom stereocenters. The zero-order valence-corrected chi connectivity index (χ0v) is 11.7. The summed E-state index contributed by atoms with van der Waals surface area (Å²) in [7, 11) is 0. The molecule has 1 unspecified atom stereocenters. The Hall–Kier alpha value is -0.650. The molecule has 1 heterocycles. The highest BCUT2D eigenvalue weighted by Gasteiger charge is 2.40. The number of amides is 1. The second kappa shape index (κ2) is 7.22. The highest BCUT2D eigenvalue weighted by molar-refractivity contribution is 5.74. The van der Waals surface area contributed by atoms with Crippen LogP contribution in [-0.4, -0.2) is 43.9 Å². The maximum Gasteiger partial charge on any atom is 0.243 e. The van der Waals surface area contributed by atoms with Crippen molar-refractivity contribution in [3.63, 3.8) is 0 Å². The van der Waals surface area contributed by atoms with Gasteiger partial charge in [-0.1, -0.05) is 19.3 Å². The molecule has 1 saturated carbocycles. The summed E-state index contributed by atoms with van der Waals surface area (Å²) in [5.41, 5.74) is 5.18. The number of rotatable bonds is 7. The monoisotopic (exact) mass is 270 g/mol. The molecule has 0 bridgehead atoms. The molecular formula is C14H26N2O3. The quantitative estimate of drug-likeness (QED) is 0.676. The Morgan fingerprint density at radius 2 is 2.11 bits per heavy atom. The highest BCUT2D eigenvalue weighted by Crippen LogP contribution is 2.41. The van der Waals surface area contributed by atoms with Gasteiger partial charge in [0, 0.05) is 13.1 Å². The average Bonchev–Trinajstić information content (AvgIpc) is 2.77. The van der Waals surface area contributed by atoms with Crippen molar-refractivity contribution < 1.29 is 14.3 Å². The summed E-state index contributed by atoms with van der Waals surface area (Å²) in [6.07, 6.45) is 9.21. The summed E-state index contributed by atoms with van der Waals surface area (Å²) < 4.78 is 11.3. The first-order valence-corrected chi connectivity index (χ1v) is 7.45. The molecular weight excluding hydrogens is 244 g/mol. The SMILES string of the molecule is NC(=O)COCCNCC1CCC2(CCCCC2)O1. The Kier molecular flexibility index (Phi) is 5.60. The summed E-state index contributed by atoms with van der Waals surface area (Å²) >= 11 is 0. The fourth-order valence-corrected chi connectivity index (χ4v) is 3.18. The normalized spacial score (nSPS) is 25.8. The van der Waals surface area contributed by atoms with Crippen molar-refractivity contribution in [2.45, 2.75) is 56.7 Å². The van der Waals surface area contributed by atoms with Crippen LogP contribution in [-0.2, 0) is 14.3 Å². The van der Waals surface area contributed by atoms with Crippen molar-refractivity contribution in [3.8, 4) is 0 Å². The van der Waals surface area contributed by atoms with E-state index in [0.717, 1.165) is 19.5 Å². The van der Waals surface area contributed by atoms with Crippen LogP contribution in [0.4, 0.5) is 0 Å². The number of nitrogens with two attached hydrogens (primary N) is 1. The molecule has 5 nitrogen and oxygen atoms in total. The minimum absolute atomic E-state index is 0.00468. The van der Waals surface area contributed by atoms with Crippen molar-refractivity contribution >= 4 is 5.91 Å². The maximum atomic E-state index is 10.5. The van der Waals surface area contributed by atoms with Crippen LogP contribution in [0.25, 0.3) is 0 Å². The lowest BCUT2D eigenvalue weighted by atomic mass is 9.83. The first kappa shape index (κ1) is 14.8. The van der Waals surface area contributed by atoms with Crippen molar-refractivity contribution in [1.29, 1.82) is 0 Å². The molecule has 110 valence electrons. The van der Waals surface area contributed by atoms with E-state index in [1.54, 1.807) is 0 Å². The van der Waals surface area contributed by atoms with Gasteiger partial charge >= 0.3 is 0 Å². The van der Waals surface area contributed by atoms with Gasteiger partial charge in [-0.25, -0.2) is 0 Å². The van der Waals surface area contributed by atoms with Crippen LogP contribution in [0, 0.1) is 0 Å². The molecule has 0 aromatic rings. The molecule has 3 N–H and O–H groups in total. The first-order chi connectivity index (χ1) is 9.20. The smallest absolute Gasteiger partial charge is 0.243 e. The van der Waals surface area contributed by atoms with Gasteiger partial charge in [0.2, 0.25) is 5.91 Å². The van der Waals surface area contributed by atoms with Crippen molar-refractivity contribution in [1.82, 2.24) is 5.32 Å². The van der Waals surface area contributed by atoms with Gasteiger partial charge < -0.3 is 20.5 Å². The van der Waals surface area contributed by atoms with Crippen LogP contribution < -0.4 is 11.1 Å². The zero-order valence-electron chi connectivity index (χ0n) is 11.7. The Morgan fingerprint density at radius 3 is 2.84 bits per heavy atom. The summed E-state index contributed by atoms with van der Waals surface area (Å²) in [5, 5.41) is 3.32. The number of carbonyl (C=O) groups is 1. The van der Waals surface area contributed by atoms with Crippen LogP contribution in [0.15, 0.2) is 0 Å². The Labute approximate surface area is 115 Å². The lowest BCUT2D eigenvalue weighted by Crippen LogP contribution is -2.35. The van der Waals surface area contributed by atoms with Gasteiger partial charge in [0.05, 0.1) is 18.3 Å². The van der Waals surface area contributed by atoms with E-state index in [1.165, 1.54) is 38.5 Å². The van der Waals surface area contributed by atoms with Gasteiger partial charge in [-0.05, 0) is 25.7 Å². The van der Waals surface area contributed by atoms with E-state index in [-0.39, 0.29) is 12.2 Å². The summed E-state index contributed by atoms with van der Waals surface area (Å²) in [6.45, 7) is 2.13. The van der Waals surface area contributed by atoms with Gasteiger partial charge in [-0.3, -0.25) is 4.79 Å². The second-order valence-corrected chi connectivity index (χ2v) is 5.75. The van der Waals surface area contributed by atoms with Gasteiger partial charge in [0.1, 0.15) is 6.61 Å². The minimum Gasteiger partial charge on any atom is -0.370 e. The Balaban J connectivity index is 1.54. The predicted molar refractivity (Wildman–Crippen MR) is 72.8 cm³/mol. The van der Waals surface area contributed by atoms with Crippen molar-refractivity contribution in [2.75, 3.05) is 26.3 Å². The fraction of sp³-hybridized carbons (Fsp3) is 0.929. The third kappa shape index (κ3) is 4.75. The molecule has 1 aliphatic heterocycles. The summed E-state index contributed by atoms with van der Waals surface area (Å²) in [6, 6.07) is 0. The van der Waals surface area contributed by atoms with Crippen molar-refractivity contribution in [2.24, 2.45) is 5.73 Å². The lowest BCUT2D eigenvalue weighted by Gasteiger charge is -2.33. The Bertz CT molecular complexity index is 290. The van der Waals surface area contributed by atoms with E-state index in [0.29, 0.717) is 12.7 Å². The van der Waals surface area contributed by atoms with Crippen molar-refractivity contribution in [3.05, 3.63) is 0 Å². The molecule has 0 aromatic carbocycles. The van der Waals surface area contributed by atoms with E-state index in [9.17, 15) is 4.79 Å². The van der Waals surface area contributed by atoms with Crippen LogP contribution in [0.2, 0.25) is 0 Å². The van der Waals surface area contributed by atoms with E-state index in [2.05, 4.69) is 5.32 Å². The number of carbonyl (C=O) groups excluding carboxylic acids is 1. The maximum absolute atomic E-state index is 10.5. The molecule has 1 aliphatic carbocycles. The van der Waals surface area contributed by atoms with E-state index >= 15 is 0 Å². The molecule has 1 amide bonds. The molecule has 0 aromatic heterocycles. The second-order valence-electron chi connectivity index (χ2n) is 5.75. The van der Waals surface area contributed by atoms with Gasteiger partial charge in [0.25, 0.3) is 0 Å². The van der Waals surface area contributed by atoms with Gasteiger partial charge in [-0.15, -0.1) is 0 Å². The standard InChI is InChI=1S/C14H26N2O3/c15-13(17)11-18-9-8-16-10-12-4-7-14(19-12)5-2-1-3-6-14/h12,16H,1-11H2,(H2,15,17). The third-order valence-electron chi connectivity index (χ3n) is 4.14. The number of nitrogens with one attached hydrogen (secondary N) is 1. The molecule has 19 heavy (non-hydrogen) atoms. The van der Waals surface area contributed by atoms with Crippen LogP contribution in [0.1, 0.15) is 44.9 Å². The fourth-order valence-electron chi connectivity index (χ4n) is 3.18. The topological polar surface area (TPSA) is 73.6 Å².